The molecule has 0 aliphatic rings. The fourth-order valence-electron chi connectivity index (χ4n) is 1.68. The average molecular weight is 257 g/mol. The topological polar surface area (TPSA) is 47.0 Å². The molecule has 2 aromatic rings. The van der Waals surface area contributed by atoms with Crippen molar-refractivity contribution in [3.8, 4) is 17.1 Å². The van der Waals surface area contributed by atoms with E-state index in [1.165, 1.54) is 5.56 Å². The lowest BCUT2D eigenvalue weighted by Gasteiger charge is -2.06. The van der Waals surface area contributed by atoms with Gasteiger partial charge in [0.25, 0.3) is 0 Å². The van der Waals surface area contributed by atoms with Crippen LogP contribution in [0.15, 0.2) is 36.7 Å². The van der Waals surface area contributed by atoms with Crippen molar-refractivity contribution in [2.24, 2.45) is 0 Å². The molecule has 2 rings (SSSR count). The number of nitrogens with zero attached hydrogens (tertiary/aromatic N) is 2. The van der Waals surface area contributed by atoms with Crippen LogP contribution in [0.3, 0.4) is 0 Å². The molecular weight excluding hydrogens is 238 g/mol. The minimum Gasteiger partial charge on any atom is -0.490 e. The number of hydrogen-bond acceptors (Lipinski definition) is 4. The van der Waals surface area contributed by atoms with E-state index >= 15 is 0 Å². The van der Waals surface area contributed by atoms with Gasteiger partial charge in [0.15, 0.2) is 11.6 Å². The van der Waals surface area contributed by atoms with Gasteiger partial charge in [-0.2, -0.15) is 0 Å². The number of aromatic nitrogens is 2. The lowest BCUT2D eigenvalue weighted by molar-refractivity contribution is 0.307. The quantitative estimate of drug-likeness (QED) is 0.807. The van der Waals surface area contributed by atoms with E-state index in [1.54, 1.807) is 12.4 Å². The third-order valence-electron chi connectivity index (χ3n) is 2.78. The number of rotatable bonds is 6. The van der Waals surface area contributed by atoms with Crippen LogP contribution in [0.2, 0.25) is 0 Å². The summed E-state index contributed by atoms with van der Waals surface area (Å²) in [4.78, 5) is 8.65. The molecule has 0 atom stereocenters. The fourth-order valence-corrected chi connectivity index (χ4v) is 1.68. The number of aryl methyl sites for hydroxylation is 1. The van der Waals surface area contributed by atoms with E-state index in [0.29, 0.717) is 12.4 Å². The van der Waals surface area contributed by atoms with Gasteiger partial charge in [0.2, 0.25) is 0 Å². The van der Waals surface area contributed by atoms with E-state index in [-0.39, 0.29) is 0 Å². The Morgan fingerprint density at radius 2 is 1.79 bits per heavy atom. The van der Waals surface area contributed by atoms with Crippen molar-refractivity contribution in [2.45, 2.75) is 13.3 Å². The maximum Gasteiger partial charge on any atom is 0.159 e. The van der Waals surface area contributed by atoms with E-state index in [2.05, 4.69) is 34.3 Å². The van der Waals surface area contributed by atoms with Crippen LogP contribution in [0.5, 0.6) is 5.75 Å². The monoisotopic (exact) mass is 257 g/mol. The maximum absolute atomic E-state index is 5.55. The lowest BCUT2D eigenvalue weighted by Crippen LogP contribution is -2.11. The Morgan fingerprint density at radius 1 is 1.11 bits per heavy atom. The highest BCUT2D eigenvalue weighted by Gasteiger charge is 2.01. The average Bonchev–Trinajstić information content (AvgIpc) is 2.45. The molecule has 4 nitrogen and oxygen atoms in total. The second kappa shape index (κ2) is 6.85. The van der Waals surface area contributed by atoms with Crippen molar-refractivity contribution in [3.05, 3.63) is 42.2 Å². The van der Waals surface area contributed by atoms with Crippen molar-refractivity contribution >= 4 is 0 Å². The summed E-state index contributed by atoms with van der Waals surface area (Å²) in [7, 11) is 1.93. The minimum atomic E-state index is 0.675. The lowest BCUT2D eigenvalue weighted by atomic mass is 10.1. The van der Waals surface area contributed by atoms with E-state index in [1.807, 2.05) is 19.2 Å². The van der Waals surface area contributed by atoms with E-state index in [4.69, 9.17) is 4.74 Å². The predicted molar refractivity (Wildman–Crippen MR) is 76.2 cm³/mol. The van der Waals surface area contributed by atoms with Crippen LogP contribution < -0.4 is 10.1 Å². The van der Waals surface area contributed by atoms with Gasteiger partial charge in [-0.05, 0) is 26.9 Å². The van der Waals surface area contributed by atoms with Gasteiger partial charge in [0, 0.05) is 5.56 Å². The van der Waals surface area contributed by atoms with Crippen LogP contribution in [0.1, 0.15) is 12.0 Å². The summed E-state index contributed by atoms with van der Waals surface area (Å²) in [5, 5.41) is 3.08. The smallest absolute Gasteiger partial charge is 0.159 e. The maximum atomic E-state index is 5.55. The van der Waals surface area contributed by atoms with Crippen molar-refractivity contribution < 1.29 is 4.74 Å². The number of ether oxygens (including phenoxy) is 1. The van der Waals surface area contributed by atoms with Crippen LogP contribution in [0.4, 0.5) is 0 Å². The zero-order valence-electron chi connectivity index (χ0n) is 11.4. The molecule has 1 aromatic carbocycles. The van der Waals surface area contributed by atoms with Gasteiger partial charge >= 0.3 is 0 Å². The molecule has 0 bridgehead atoms. The minimum absolute atomic E-state index is 0.675. The first-order chi connectivity index (χ1) is 9.29. The van der Waals surface area contributed by atoms with Gasteiger partial charge < -0.3 is 10.1 Å². The zero-order chi connectivity index (χ0) is 13.5. The molecule has 0 aliphatic heterocycles. The first-order valence-electron chi connectivity index (χ1n) is 6.46. The summed E-state index contributed by atoms with van der Waals surface area (Å²) in [6, 6.07) is 8.16. The fraction of sp³-hybridized carbons (Fsp3) is 0.333. The highest BCUT2D eigenvalue weighted by Crippen LogP contribution is 2.17. The molecule has 1 aromatic heterocycles. The highest BCUT2D eigenvalue weighted by atomic mass is 16.5. The van der Waals surface area contributed by atoms with E-state index < -0.39 is 0 Å². The van der Waals surface area contributed by atoms with E-state index in [0.717, 1.165) is 24.4 Å². The largest absolute Gasteiger partial charge is 0.490 e. The highest BCUT2D eigenvalue weighted by molar-refractivity contribution is 5.55. The summed E-state index contributed by atoms with van der Waals surface area (Å²) in [5.41, 5.74) is 2.25. The van der Waals surface area contributed by atoms with Gasteiger partial charge in [-0.25, -0.2) is 9.97 Å². The first kappa shape index (κ1) is 13.5. The second-order valence-electron chi connectivity index (χ2n) is 4.41. The Balaban J connectivity index is 1.96. The van der Waals surface area contributed by atoms with Crippen molar-refractivity contribution in [1.29, 1.82) is 0 Å². The Hall–Kier alpha value is -1.94. The molecule has 100 valence electrons. The summed E-state index contributed by atoms with van der Waals surface area (Å²) in [6.07, 6.45) is 4.42. The molecule has 0 radical (unpaired) electrons. The SMILES string of the molecule is CNCCCOc1cnc(-c2ccc(C)cc2)nc1. The molecule has 0 spiro atoms. The Morgan fingerprint density at radius 3 is 2.42 bits per heavy atom. The molecule has 0 saturated heterocycles. The third-order valence-corrected chi connectivity index (χ3v) is 2.78. The molecule has 1 heterocycles. The number of nitrogens with one attached hydrogen (secondary N) is 1. The molecule has 1 N–H and O–H groups in total. The van der Waals surface area contributed by atoms with Gasteiger partial charge in [-0.15, -0.1) is 0 Å². The van der Waals surface area contributed by atoms with Gasteiger partial charge in [-0.3, -0.25) is 0 Å². The second-order valence-corrected chi connectivity index (χ2v) is 4.41. The molecule has 0 amide bonds. The van der Waals surface area contributed by atoms with Crippen LogP contribution in [-0.2, 0) is 0 Å². The van der Waals surface area contributed by atoms with E-state index in [9.17, 15) is 0 Å². The Bertz CT molecular complexity index is 494. The zero-order valence-corrected chi connectivity index (χ0v) is 11.4. The molecular formula is C15H19N3O. The van der Waals surface area contributed by atoms with Gasteiger partial charge in [-0.1, -0.05) is 29.8 Å². The van der Waals surface area contributed by atoms with Gasteiger partial charge in [0.05, 0.1) is 19.0 Å². The summed E-state index contributed by atoms with van der Waals surface area (Å²) < 4.78 is 5.55. The number of benzene rings is 1. The molecule has 4 heteroatoms. The van der Waals surface area contributed by atoms with Crippen molar-refractivity contribution in [1.82, 2.24) is 15.3 Å². The van der Waals surface area contributed by atoms with Crippen LogP contribution in [0.25, 0.3) is 11.4 Å². The standard InChI is InChI=1S/C15H19N3O/c1-12-4-6-13(7-5-12)15-17-10-14(11-18-15)19-9-3-8-16-2/h4-7,10-11,16H,3,8-9H2,1-2H3. The molecule has 0 saturated carbocycles. The Kier molecular flexibility index (Phi) is 4.86. The summed E-state index contributed by atoms with van der Waals surface area (Å²) >= 11 is 0. The predicted octanol–water partition coefficient (Wildman–Crippen LogP) is 2.44. The first-order valence-corrected chi connectivity index (χ1v) is 6.46. The molecule has 0 aliphatic carbocycles. The van der Waals surface area contributed by atoms with Crippen LogP contribution in [0, 0.1) is 6.92 Å². The third kappa shape index (κ3) is 4.03. The van der Waals surface area contributed by atoms with Crippen LogP contribution in [-0.4, -0.2) is 30.2 Å². The molecule has 19 heavy (non-hydrogen) atoms. The summed E-state index contributed by atoms with van der Waals surface area (Å²) in [6.45, 7) is 3.68. The molecule has 0 fully saturated rings. The van der Waals surface area contributed by atoms with Crippen molar-refractivity contribution in [3.63, 3.8) is 0 Å². The van der Waals surface area contributed by atoms with Gasteiger partial charge in [0.1, 0.15) is 0 Å². The Labute approximate surface area is 113 Å². The summed E-state index contributed by atoms with van der Waals surface area (Å²) in [5.74, 6) is 1.44. The molecule has 0 unspecified atom stereocenters. The van der Waals surface area contributed by atoms with Crippen molar-refractivity contribution in [2.75, 3.05) is 20.2 Å². The normalized spacial score (nSPS) is 10.4. The van der Waals surface area contributed by atoms with Crippen LogP contribution >= 0.6 is 0 Å². The number of hydrogen-bond donors (Lipinski definition) is 1.